The lowest BCUT2D eigenvalue weighted by Gasteiger charge is -2.14. The largest absolute Gasteiger partial charge is 0.493 e. The Morgan fingerprint density at radius 3 is 2.14 bits per heavy atom. The first-order valence-corrected chi connectivity index (χ1v) is 8.95. The maximum absolute atomic E-state index is 12.4. The first-order valence-electron chi connectivity index (χ1n) is 8.95. The summed E-state index contributed by atoms with van der Waals surface area (Å²) >= 11 is 0. The normalized spacial score (nSPS) is 10.1. The van der Waals surface area contributed by atoms with E-state index in [-0.39, 0.29) is 18.2 Å². The highest BCUT2D eigenvalue weighted by Crippen LogP contribution is 2.38. The van der Waals surface area contributed by atoms with Gasteiger partial charge in [0.25, 0.3) is 5.91 Å². The summed E-state index contributed by atoms with van der Waals surface area (Å²) in [6.45, 7) is 2.76. The quantitative estimate of drug-likeness (QED) is 0.691. The average Bonchev–Trinajstić information content (AvgIpc) is 2.71. The first kappa shape index (κ1) is 21.1. The molecule has 0 radical (unpaired) electrons. The Morgan fingerprint density at radius 2 is 1.57 bits per heavy atom. The number of nitrogens with one attached hydrogen (secondary N) is 2. The van der Waals surface area contributed by atoms with Crippen LogP contribution in [0.5, 0.6) is 17.2 Å². The Labute approximate surface area is 165 Å². The van der Waals surface area contributed by atoms with Crippen LogP contribution < -0.4 is 24.8 Å². The number of carbonyl (C=O) groups is 2. The van der Waals surface area contributed by atoms with Gasteiger partial charge in [0.1, 0.15) is 0 Å². The summed E-state index contributed by atoms with van der Waals surface area (Å²) < 4.78 is 15.9. The highest BCUT2D eigenvalue weighted by atomic mass is 16.5. The van der Waals surface area contributed by atoms with Crippen LogP contribution in [-0.2, 0) is 17.8 Å². The minimum atomic E-state index is -0.155. The fourth-order valence-electron chi connectivity index (χ4n) is 2.77. The van der Waals surface area contributed by atoms with Crippen molar-refractivity contribution in [2.45, 2.75) is 19.9 Å². The summed E-state index contributed by atoms with van der Waals surface area (Å²) in [5.41, 5.74) is 2.16. The molecule has 0 saturated carbocycles. The maximum atomic E-state index is 12.4. The molecule has 0 aliphatic rings. The number of hydrogen-bond donors (Lipinski definition) is 2. The van der Waals surface area contributed by atoms with Crippen LogP contribution >= 0.6 is 0 Å². The zero-order valence-corrected chi connectivity index (χ0v) is 16.6. The van der Waals surface area contributed by atoms with Gasteiger partial charge in [-0.05, 0) is 42.3 Å². The number of benzene rings is 2. The molecular weight excluding hydrogens is 360 g/mol. The third kappa shape index (κ3) is 5.39. The van der Waals surface area contributed by atoms with Crippen LogP contribution in [0.2, 0.25) is 0 Å². The van der Waals surface area contributed by atoms with Gasteiger partial charge in [0, 0.05) is 18.7 Å². The lowest BCUT2D eigenvalue weighted by Crippen LogP contribution is -2.25. The molecule has 28 heavy (non-hydrogen) atoms. The molecule has 2 rings (SSSR count). The van der Waals surface area contributed by atoms with Crippen molar-refractivity contribution in [2.75, 3.05) is 27.9 Å². The van der Waals surface area contributed by atoms with Crippen molar-refractivity contribution in [2.24, 2.45) is 0 Å². The van der Waals surface area contributed by atoms with E-state index in [0.29, 0.717) is 35.9 Å². The first-order chi connectivity index (χ1) is 13.5. The average molecular weight is 386 g/mol. The molecule has 7 nitrogen and oxygen atoms in total. The Hall–Kier alpha value is -3.22. The molecule has 0 fully saturated rings. The van der Waals surface area contributed by atoms with Crippen LogP contribution in [0.25, 0.3) is 0 Å². The molecule has 0 aromatic heterocycles. The summed E-state index contributed by atoms with van der Waals surface area (Å²) in [6.07, 6.45) is 0.159. The van der Waals surface area contributed by atoms with Gasteiger partial charge in [0.05, 0.1) is 27.8 Å². The predicted molar refractivity (Wildman–Crippen MR) is 106 cm³/mol. The van der Waals surface area contributed by atoms with Crippen molar-refractivity contribution in [1.29, 1.82) is 0 Å². The van der Waals surface area contributed by atoms with Crippen molar-refractivity contribution < 1.29 is 23.8 Å². The summed E-state index contributed by atoms with van der Waals surface area (Å²) in [5.74, 6) is 1.20. The molecule has 0 unspecified atom stereocenters. The number of rotatable bonds is 9. The van der Waals surface area contributed by atoms with Gasteiger partial charge in [0.2, 0.25) is 11.7 Å². The second-order valence-electron chi connectivity index (χ2n) is 6.05. The van der Waals surface area contributed by atoms with Gasteiger partial charge in [0.15, 0.2) is 11.5 Å². The van der Waals surface area contributed by atoms with E-state index in [0.717, 1.165) is 11.1 Å². The number of amides is 2. The zero-order chi connectivity index (χ0) is 20.5. The van der Waals surface area contributed by atoms with Crippen molar-refractivity contribution in [3.63, 3.8) is 0 Å². The van der Waals surface area contributed by atoms with Crippen LogP contribution in [-0.4, -0.2) is 39.7 Å². The van der Waals surface area contributed by atoms with E-state index in [1.807, 2.05) is 13.0 Å². The van der Waals surface area contributed by atoms with E-state index in [1.54, 1.807) is 30.3 Å². The second-order valence-corrected chi connectivity index (χ2v) is 6.05. The molecule has 2 amide bonds. The molecule has 150 valence electrons. The lowest BCUT2D eigenvalue weighted by molar-refractivity contribution is -0.120. The molecule has 0 heterocycles. The van der Waals surface area contributed by atoms with E-state index >= 15 is 0 Å². The monoisotopic (exact) mass is 386 g/mol. The Morgan fingerprint density at radius 1 is 0.893 bits per heavy atom. The molecule has 7 heteroatoms. The lowest BCUT2D eigenvalue weighted by atomic mass is 10.1. The van der Waals surface area contributed by atoms with Gasteiger partial charge in [-0.2, -0.15) is 0 Å². The SMILES string of the molecule is CCNC(=O)c1cccc(CNC(=O)Cc2cc(OC)c(OC)c(OC)c2)c1. The third-order valence-corrected chi connectivity index (χ3v) is 4.11. The van der Waals surface area contributed by atoms with Gasteiger partial charge in [-0.15, -0.1) is 0 Å². The molecule has 2 aromatic rings. The molecule has 2 N–H and O–H groups in total. The van der Waals surface area contributed by atoms with E-state index in [2.05, 4.69) is 10.6 Å². The van der Waals surface area contributed by atoms with Gasteiger partial charge < -0.3 is 24.8 Å². The van der Waals surface area contributed by atoms with Gasteiger partial charge in [-0.1, -0.05) is 12.1 Å². The topological polar surface area (TPSA) is 85.9 Å². The summed E-state index contributed by atoms with van der Waals surface area (Å²) in [4.78, 5) is 24.3. The molecule has 0 atom stereocenters. The summed E-state index contributed by atoms with van der Waals surface area (Å²) in [7, 11) is 4.59. The molecule has 0 bridgehead atoms. The summed E-state index contributed by atoms with van der Waals surface area (Å²) in [6, 6.07) is 10.7. The third-order valence-electron chi connectivity index (χ3n) is 4.11. The van der Waals surface area contributed by atoms with Crippen LogP contribution in [0.3, 0.4) is 0 Å². The number of hydrogen-bond acceptors (Lipinski definition) is 5. The number of carbonyl (C=O) groups excluding carboxylic acids is 2. The smallest absolute Gasteiger partial charge is 0.251 e. The van der Waals surface area contributed by atoms with E-state index in [9.17, 15) is 9.59 Å². The van der Waals surface area contributed by atoms with Gasteiger partial charge >= 0.3 is 0 Å². The van der Waals surface area contributed by atoms with Crippen LogP contribution in [0.4, 0.5) is 0 Å². The molecule has 0 aliphatic heterocycles. The molecular formula is C21H26N2O5. The Bertz CT molecular complexity index is 810. The standard InChI is InChI=1S/C21H26N2O5/c1-5-22-21(25)16-8-6-7-14(9-16)13-23-19(24)12-15-10-17(26-2)20(28-4)18(11-15)27-3/h6-11H,5,12-13H2,1-4H3,(H,22,25)(H,23,24). The second kappa shape index (κ2) is 10.2. The molecule has 2 aromatic carbocycles. The number of methoxy groups -OCH3 is 3. The Balaban J connectivity index is 2.03. The van der Waals surface area contributed by atoms with Crippen LogP contribution in [0.1, 0.15) is 28.4 Å². The van der Waals surface area contributed by atoms with Gasteiger partial charge in [-0.3, -0.25) is 9.59 Å². The highest BCUT2D eigenvalue weighted by molar-refractivity contribution is 5.94. The number of ether oxygens (including phenoxy) is 3. The minimum absolute atomic E-state index is 0.131. The predicted octanol–water partition coefficient (Wildman–Crippen LogP) is 2.32. The van der Waals surface area contributed by atoms with E-state index in [1.165, 1.54) is 21.3 Å². The van der Waals surface area contributed by atoms with Crippen molar-refractivity contribution >= 4 is 11.8 Å². The van der Waals surface area contributed by atoms with Crippen LogP contribution in [0, 0.1) is 0 Å². The fourth-order valence-corrected chi connectivity index (χ4v) is 2.77. The van der Waals surface area contributed by atoms with E-state index < -0.39 is 0 Å². The minimum Gasteiger partial charge on any atom is -0.493 e. The van der Waals surface area contributed by atoms with Crippen LogP contribution in [0.15, 0.2) is 36.4 Å². The van der Waals surface area contributed by atoms with Crippen molar-refractivity contribution in [3.8, 4) is 17.2 Å². The zero-order valence-electron chi connectivity index (χ0n) is 16.6. The van der Waals surface area contributed by atoms with Crippen molar-refractivity contribution in [1.82, 2.24) is 10.6 Å². The summed E-state index contributed by atoms with van der Waals surface area (Å²) in [5, 5.41) is 5.62. The fraction of sp³-hybridized carbons (Fsp3) is 0.333. The molecule has 0 saturated heterocycles. The molecule has 0 aliphatic carbocycles. The van der Waals surface area contributed by atoms with E-state index in [4.69, 9.17) is 14.2 Å². The van der Waals surface area contributed by atoms with Gasteiger partial charge in [-0.25, -0.2) is 0 Å². The highest BCUT2D eigenvalue weighted by Gasteiger charge is 2.15. The maximum Gasteiger partial charge on any atom is 0.251 e. The van der Waals surface area contributed by atoms with Crippen molar-refractivity contribution in [3.05, 3.63) is 53.1 Å². The Kier molecular flexibility index (Phi) is 7.68. The molecule has 0 spiro atoms.